The molecule has 7 heteroatoms. The fraction of sp³-hybridized carbons (Fsp3) is 0.625. The molecule has 6 aliphatic carbocycles. The number of allylic oxidation sites excluding steroid dienone is 1. The summed E-state index contributed by atoms with van der Waals surface area (Å²) in [6.07, 6.45) is 12.7. The molecule has 7 nitrogen and oxygen atoms in total. The van der Waals surface area contributed by atoms with E-state index in [0.717, 1.165) is 66.9 Å². The van der Waals surface area contributed by atoms with Crippen molar-refractivity contribution < 1.29 is 19.3 Å². The Morgan fingerprint density at radius 2 is 1.74 bits per heavy atom. The van der Waals surface area contributed by atoms with Gasteiger partial charge in [0.05, 0.1) is 12.3 Å². The standard InChI is InChI=1S/C32H35N3O4/c36-15-24-27-28(39-31(38-27)11-17-5-1-2-6-18(17)12-31)26(37-24)22-7-3-4-8-23-25(22)33-16-34-29(23)35-30-13-20-9-19-10-21(14-30)32(19,20)30/h1-2,5-7,16,19-21,24,26-28,36H,3-4,8-15H2,(H,33,34,35). The second kappa shape index (κ2) is 7.30. The number of aliphatic hydroxyl groups is 1. The molecule has 6 fully saturated rings. The maximum atomic E-state index is 10.3. The fourth-order valence-corrected chi connectivity index (χ4v) is 10.9. The third-order valence-corrected chi connectivity index (χ3v) is 12.3. The first-order valence-electron chi connectivity index (χ1n) is 15.1. The smallest absolute Gasteiger partial charge is 0.177 e. The minimum atomic E-state index is -0.678. The van der Waals surface area contributed by atoms with Gasteiger partial charge in [0.15, 0.2) is 5.79 Å². The number of hydrogen-bond acceptors (Lipinski definition) is 7. The second-order valence-corrected chi connectivity index (χ2v) is 13.7. The van der Waals surface area contributed by atoms with E-state index in [2.05, 4.69) is 35.7 Å². The number of hydrogen-bond donors (Lipinski definition) is 2. The zero-order valence-electron chi connectivity index (χ0n) is 22.1. The van der Waals surface area contributed by atoms with Crippen molar-refractivity contribution in [3.05, 3.63) is 59.1 Å². The van der Waals surface area contributed by atoms with Crippen molar-refractivity contribution >= 4 is 11.4 Å². The van der Waals surface area contributed by atoms with Crippen LogP contribution in [0.5, 0.6) is 0 Å². The molecule has 10 rings (SSSR count). The first-order valence-corrected chi connectivity index (χ1v) is 15.1. The second-order valence-electron chi connectivity index (χ2n) is 13.7. The molecule has 3 heterocycles. The van der Waals surface area contributed by atoms with Gasteiger partial charge in [-0.25, -0.2) is 9.97 Å². The lowest BCUT2D eigenvalue weighted by Crippen LogP contribution is -2.91. The third kappa shape index (κ3) is 2.56. The molecule has 4 saturated carbocycles. The monoisotopic (exact) mass is 525 g/mol. The highest BCUT2D eigenvalue weighted by Gasteiger charge is 2.88. The Morgan fingerprint density at radius 1 is 0.974 bits per heavy atom. The summed E-state index contributed by atoms with van der Waals surface area (Å²) >= 11 is 0. The van der Waals surface area contributed by atoms with Gasteiger partial charge in [-0.15, -0.1) is 0 Å². The average Bonchev–Trinajstić information content (AvgIpc) is 3.49. The predicted molar refractivity (Wildman–Crippen MR) is 143 cm³/mol. The van der Waals surface area contributed by atoms with E-state index in [4.69, 9.17) is 24.2 Å². The van der Waals surface area contributed by atoms with Gasteiger partial charge in [-0.2, -0.15) is 0 Å². The van der Waals surface area contributed by atoms with Crippen LogP contribution in [0.4, 0.5) is 5.82 Å². The Balaban J connectivity index is 0.980. The summed E-state index contributed by atoms with van der Waals surface area (Å²) in [6, 6.07) is 8.50. The minimum Gasteiger partial charge on any atom is -0.394 e. The molecule has 2 spiro atoms. The van der Waals surface area contributed by atoms with Crippen molar-refractivity contribution in [1.82, 2.24) is 9.97 Å². The molecule has 202 valence electrons. The molecule has 2 saturated heterocycles. The summed E-state index contributed by atoms with van der Waals surface area (Å²) in [6.45, 7) is -0.0884. The van der Waals surface area contributed by atoms with Gasteiger partial charge >= 0.3 is 0 Å². The fourth-order valence-electron chi connectivity index (χ4n) is 10.9. The molecule has 1 aromatic heterocycles. The number of aliphatic hydroxyl groups excluding tert-OH is 1. The maximum absolute atomic E-state index is 10.3. The summed E-state index contributed by atoms with van der Waals surface area (Å²) in [5, 5.41) is 14.3. The quantitative estimate of drug-likeness (QED) is 0.628. The highest BCUT2D eigenvalue weighted by Crippen LogP contribution is 2.89. The van der Waals surface area contributed by atoms with Crippen molar-refractivity contribution in [2.24, 2.45) is 23.2 Å². The van der Waals surface area contributed by atoms with E-state index >= 15 is 0 Å². The summed E-state index contributed by atoms with van der Waals surface area (Å²) in [7, 11) is 0. The molecular formula is C32H35N3O4. The van der Waals surface area contributed by atoms with Crippen LogP contribution in [0.15, 0.2) is 36.7 Å². The summed E-state index contributed by atoms with van der Waals surface area (Å²) in [5.41, 5.74) is 6.72. The normalized spacial score (nSPS) is 44.7. The molecule has 6 atom stereocenters. The largest absolute Gasteiger partial charge is 0.394 e. The lowest BCUT2D eigenvalue weighted by molar-refractivity contribution is -0.379. The lowest BCUT2D eigenvalue weighted by Gasteiger charge is -2.91. The molecular weight excluding hydrogens is 490 g/mol. The van der Waals surface area contributed by atoms with E-state index in [1.807, 2.05) is 0 Å². The summed E-state index contributed by atoms with van der Waals surface area (Å²) < 4.78 is 20.0. The van der Waals surface area contributed by atoms with Crippen molar-refractivity contribution in [2.45, 2.75) is 93.5 Å². The Morgan fingerprint density at radius 3 is 2.46 bits per heavy atom. The van der Waals surface area contributed by atoms with Gasteiger partial charge in [0.2, 0.25) is 0 Å². The molecule has 8 aliphatic rings. The number of rotatable bonds is 4. The molecule has 0 radical (unpaired) electrons. The van der Waals surface area contributed by atoms with Gasteiger partial charge in [-0.3, -0.25) is 0 Å². The van der Waals surface area contributed by atoms with Crippen LogP contribution in [-0.4, -0.2) is 57.4 Å². The minimum absolute atomic E-state index is 0.0884. The van der Waals surface area contributed by atoms with Crippen LogP contribution in [0.2, 0.25) is 0 Å². The van der Waals surface area contributed by atoms with Crippen LogP contribution < -0.4 is 5.32 Å². The molecule has 39 heavy (non-hydrogen) atoms. The third-order valence-electron chi connectivity index (χ3n) is 12.3. The highest BCUT2D eigenvalue weighted by atomic mass is 16.8. The molecule has 0 amide bonds. The molecule has 1 aromatic carbocycles. The highest BCUT2D eigenvalue weighted by molar-refractivity contribution is 5.74. The molecule has 0 bridgehead atoms. The molecule has 2 N–H and O–H groups in total. The zero-order chi connectivity index (χ0) is 25.6. The van der Waals surface area contributed by atoms with Crippen molar-refractivity contribution in [2.75, 3.05) is 11.9 Å². The Hall–Kier alpha value is -2.32. The van der Waals surface area contributed by atoms with Crippen molar-refractivity contribution in [3.8, 4) is 0 Å². The van der Waals surface area contributed by atoms with Crippen LogP contribution in [0, 0.1) is 23.2 Å². The van der Waals surface area contributed by atoms with Gasteiger partial charge < -0.3 is 24.6 Å². The number of benzene rings is 1. The van der Waals surface area contributed by atoms with E-state index in [-0.39, 0.29) is 30.5 Å². The van der Waals surface area contributed by atoms with Crippen LogP contribution in [0.25, 0.3) is 5.57 Å². The van der Waals surface area contributed by atoms with Gasteiger partial charge in [0.1, 0.15) is 36.6 Å². The van der Waals surface area contributed by atoms with E-state index in [1.165, 1.54) is 42.4 Å². The molecule has 2 aliphatic heterocycles. The van der Waals surface area contributed by atoms with Crippen LogP contribution >= 0.6 is 0 Å². The lowest BCUT2D eigenvalue weighted by atomic mass is 9.15. The van der Waals surface area contributed by atoms with Crippen LogP contribution in [-0.2, 0) is 33.5 Å². The van der Waals surface area contributed by atoms with Gasteiger partial charge in [0.25, 0.3) is 0 Å². The van der Waals surface area contributed by atoms with Crippen molar-refractivity contribution in [1.29, 1.82) is 0 Å². The first-order chi connectivity index (χ1) is 19.1. The van der Waals surface area contributed by atoms with Crippen LogP contribution in [0.1, 0.15) is 60.9 Å². The van der Waals surface area contributed by atoms with E-state index in [9.17, 15) is 5.11 Å². The Kier molecular flexibility index (Phi) is 4.19. The number of anilines is 1. The Bertz CT molecular complexity index is 1390. The first kappa shape index (κ1) is 22.4. The van der Waals surface area contributed by atoms with Crippen molar-refractivity contribution in [3.63, 3.8) is 0 Å². The van der Waals surface area contributed by atoms with Crippen LogP contribution in [0.3, 0.4) is 0 Å². The SMILES string of the molecule is OCC1OC(C2=CCCCc3c(NC45CC6CC7CC(C4)C765)ncnc32)C2OC3(Cc4ccccc4C3)OC12. The zero-order valence-corrected chi connectivity index (χ0v) is 22.1. The number of ether oxygens (including phenoxy) is 3. The van der Waals surface area contributed by atoms with E-state index in [1.54, 1.807) is 6.33 Å². The average molecular weight is 526 g/mol. The Labute approximate surface area is 228 Å². The number of aromatic nitrogens is 2. The molecule has 2 aromatic rings. The van der Waals surface area contributed by atoms with Gasteiger partial charge in [-0.1, -0.05) is 30.3 Å². The number of fused-ring (bicyclic) bond motifs is 3. The van der Waals surface area contributed by atoms with Gasteiger partial charge in [0, 0.05) is 34.9 Å². The number of nitrogens with one attached hydrogen (secondary N) is 1. The van der Waals surface area contributed by atoms with E-state index in [0.29, 0.717) is 5.41 Å². The van der Waals surface area contributed by atoms with E-state index < -0.39 is 11.9 Å². The maximum Gasteiger partial charge on any atom is 0.177 e. The number of nitrogens with zero attached hydrogens (tertiary/aromatic N) is 2. The molecule has 6 unspecified atom stereocenters. The van der Waals surface area contributed by atoms with Gasteiger partial charge in [-0.05, 0) is 73.8 Å². The summed E-state index contributed by atoms with van der Waals surface area (Å²) in [5.74, 6) is 3.21. The topological polar surface area (TPSA) is 85.7 Å². The summed E-state index contributed by atoms with van der Waals surface area (Å²) in [4.78, 5) is 9.72. The predicted octanol–water partition coefficient (Wildman–Crippen LogP) is 3.84.